The van der Waals surface area contributed by atoms with Crippen molar-refractivity contribution in [3.63, 3.8) is 0 Å². The molecule has 3 rings (SSSR count). The van der Waals surface area contributed by atoms with Gasteiger partial charge in [-0.3, -0.25) is 9.78 Å². The van der Waals surface area contributed by atoms with Crippen molar-refractivity contribution in [2.45, 2.75) is 25.7 Å². The number of pyridine rings is 1. The van der Waals surface area contributed by atoms with E-state index in [1.807, 2.05) is 30.5 Å². The molecule has 1 heterocycles. The Bertz CT molecular complexity index is 610. The first-order chi connectivity index (χ1) is 9.79. The number of fused-ring (bicyclic) bond motifs is 1. The van der Waals surface area contributed by atoms with Gasteiger partial charge in [-0.25, -0.2) is 0 Å². The van der Waals surface area contributed by atoms with Gasteiger partial charge in [0.2, 0.25) is 0 Å². The largest absolute Gasteiger partial charge is 0.330 e. The van der Waals surface area contributed by atoms with E-state index in [0.717, 1.165) is 48.6 Å². The maximum Gasteiger partial charge on any atom is 0.168 e. The third kappa shape index (κ3) is 2.46. The molecule has 1 aromatic heterocycles. The molecule has 0 bridgehead atoms. The van der Waals surface area contributed by atoms with Crippen molar-refractivity contribution in [3.8, 4) is 0 Å². The quantitative estimate of drug-likeness (QED) is 0.870. The van der Waals surface area contributed by atoms with Crippen molar-refractivity contribution in [1.29, 1.82) is 0 Å². The van der Waals surface area contributed by atoms with Gasteiger partial charge >= 0.3 is 0 Å². The second kappa shape index (κ2) is 5.71. The average molecular weight is 268 g/mol. The summed E-state index contributed by atoms with van der Waals surface area (Å²) >= 11 is 0. The minimum atomic E-state index is 0.144. The van der Waals surface area contributed by atoms with Crippen molar-refractivity contribution < 1.29 is 4.79 Å². The Balaban J connectivity index is 1.86. The van der Waals surface area contributed by atoms with Crippen LogP contribution in [0.5, 0.6) is 0 Å². The maximum absolute atomic E-state index is 12.7. The van der Waals surface area contributed by atoms with Crippen LogP contribution in [0.15, 0.2) is 36.7 Å². The summed E-state index contributed by atoms with van der Waals surface area (Å²) in [7, 11) is 0. The van der Waals surface area contributed by atoms with Gasteiger partial charge in [0.1, 0.15) is 0 Å². The van der Waals surface area contributed by atoms with Crippen molar-refractivity contribution >= 4 is 16.6 Å². The molecular weight excluding hydrogens is 248 g/mol. The number of carbonyl (C=O) groups is 1. The van der Waals surface area contributed by atoms with Crippen LogP contribution in [0.4, 0.5) is 0 Å². The second-order valence-corrected chi connectivity index (χ2v) is 5.73. The molecule has 0 spiro atoms. The predicted molar refractivity (Wildman–Crippen MR) is 80.6 cm³/mol. The number of hydrogen-bond acceptors (Lipinski definition) is 3. The van der Waals surface area contributed by atoms with Gasteiger partial charge < -0.3 is 5.73 Å². The zero-order chi connectivity index (χ0) is 13.9. The van der Waals surface area contributed by atoms with Gasteiger partial charge in [-0.05, 0) is 43.5 Å². The molecule has 104 valence electrons. The SMILES string of the molecule is NCC1CCC(C(=O)c2cncc3ccccc23)CC1. The zero-order valence-electron chi connectivity index (χ0n) is 11.6. The van der Waals surface area contributed by atoms with Gasteiger partial charge in [-0.1, -0.05) is 24.3 Å². The van der Waals surface area contributed by atoms with Gasteiger partial charge in [0.25, 0.3) is 0 Å². The summed E-state index contributed by atoms with van der Waals surface area (Å²) in [6.07, 6.45) is 7.61. The first kappa shape index (κ1) is 13.3. The highest BCUT2D eigenvalue weighted by molar-refractivity contribution is 6.08. The standard InChI is InChI=1S/C17H20N2O/c18-9-12-5-7-13(8-6-12)17(20)16-11-19-10-14-3-1-2-4-15(14)16/h1-4,10-13H,5-9,18H2. The summed E-state index contributed by atoms with van der Waals surface area (Å²) in [5.74, 6) is 1.000. The van der Waals surface area contributed by atoms with Crippen LogP contribution in [0.2, 0.25) is 0 Å². The Morgan fingerprint density at radius 1 is 1.15 bits per heavy atom. The third-order valence-corrected chi connectivity index (χ3v) is 4.48. The number of rotatable bonds is 3. The molecule has 1 fully saturated rings. The van der Waals surface area contributed by atoms with Crippen LogP contribution < -0.4 is 5.73 Å². The average Bonchev–Trinajstić information content (AvgIpc) is 2.54. The highest BCUT2D eigenvalue weighted by atomic mass is 16.1. The molecular formula is C17H20N2O. The number of hydrogen-bond donors (Lipinski definition) is 1. The van der Waals surface area contributed by atoms with Crippen molar-refractivity contribution in [1.82, 2.24) is 4.98 Å². The predicted octanol–water partition coefficient (Wildman–Crippen LogP) is 3.18. The van der Waals surface area contributed by atoms with E-state index in [1.165, 1.54) is 0 Å². The molecule has 1 saturated carbocycles. The number of carbonyl (C=O) groups excluding carboxylic acids is 1. The molecule has 3 nitrogen and oxygen atoms in total. The van der Waals surface area contributed by atoms with E-state index >= 15 is 0 Å². The lowest BCUT2D eigenvalue weighted by molar-refractivity contribution is 0.0875. The fourth-order valence-corrected chi connectivity index (χ4v) is 3.19. The fraction of sp³-hybridized carbons (Fsp3) is 0.412. The lowest BCUT2D eigenvalue weighted by Crippen LogP contribution is -2.26. The summed E-state index contributed by atoms with van der Waals surface area (Å²) in [5.41, 5.74) is 6.49. The number of nitrogens with two attached hydrogens (primary N) is 1. The molecule has 1 aliphatic carbocycles. The van der Waals surface area contributed by atoms with Crippen LogP contribution in [0.3, 0.4) is 0 Å². The highest BCUT2D eigenvalue weighted by Crippen LogP contribution is 2.31. The van der Waals surface area contributed by atoms with Gasteiger partial charge in [0.05, 0.1) is 0 Å². The minimum Gasteiger partial charge on any atom is -0.330 e. The summed E-state index contributed by atoms with van der Waals surface area (Å²) in [5, 5.41) is 2.06. The van der Waals surface area contributed by atoms with E-state index in [2.05, 4.69) is 4.98 Å². The van der Waals surface area contributed by atoms with Crippen molar-refractivity contribution in [3.05, 3.63) is 42.2 Å². The Labute approximate surface area is 119 Å². The third-order valence-electron chi connectivity index (χ3n) is 4.48. The van der Waals surface area contributed by atoms with Crippen LogP contribution in [0.1, 0.15) is 36.0 Å². The van der Waals surface area contributed by atoms with E-state index in [9.17, 15) is 4.79 Å². The number of benzene rings is 1. The van der Waals surface area contributed by atoms with Gasteiger partial charge in [0, 0.05) is 29.3 Å². The van der Waals surface area contributed by atoms with Gasteiger partial charge in [-0.2, -0.15) is 0 Å². The molecule has 20 heavy (non-hydrogen) atoms. The van der Waals surface area contributed by atoms with Gasteiger partial charge in [-0.15, -0.1) is 0 Å². The number of Topliss-reactive ketones (excluding diaryl/α,β-unsaturated/α-hetero) is 1. The molecule has 0 radical (unpaired) electrons. The monoisotopic (exact) mass is 268 g/mol. The Kier molecular flexibility index (Phi) is 3.79. The van der Waals surface area contributed by atoms with Crippen molar-refractivity contribution in [2.75, 3.05) is 6.54 Å². The summed E-state index contributed by atoms with van der Waals surface area (Å²) < 4.78 is 0. The van der Waals surface area contributed by atoms with Crippen LogP contribution in [0, 0.1) is 11.8 Å². The minimum absolute atomic E-state index is 0.144. The van der Waals surface area contributed by atoms with E-state index in [-0.39, 0.29) is 11.7 Å². The fourth-order valence-electron chi connectivity index (χ4n) is 3.19. The van der Waals surface area contributed by atoms with E-state index in [1.54, 1.807) is 6.20 Å². The molecule has 0 aliphatic heterocycles. The Morgan fingerprint density at radius 3 is 2.65 bits per heavy atom. The van der Waals surface area contributed by atoms with Gasteiger partial charge in [0.15, 0.2) is 5.78 Å². The Morgan fingerprint density at radius 2 is 1.90 bits per heavy atom. The summed E-state index contributed by atoms with van der Waals surface area (Å²) in [6.45, 7) is 0.747. The molecule has 2 aromatic rings. The molecule has 1 aromatic carbocycles. The number of ketones is 1. The molecule has 2 N–H and O–H groups in total. The number of nitrogens with zero attached hydrogens (tertiary/aromatic N) is 1. The van der Waals surface area contributed by atoms with E-state index < -0.39 is 0 Å². The topological polar surface area (TPSA) is 56.0 Å². The molecule has 0 atom stereocenters. The molecule has 3 heteroatoms. The molecule has 0 amide bonds. The lowest BCUT2D eigenvalue weighted by Gasteiger charge is -2.26. The van der Waals surface area contributed by atoms with Crippen molar-refractivity contribution in [2.24, 2.45) is 17.6 Å². The zero-order valence-corrected chi connectivity index (χ0v) is 11.6. The molecule has 0 unspecified atom stereocenters. The first-order valence-corrected chi connectivity index (χ1v) is 7.36. The van der Waals surface area contributed by atoms with Crippen LogP contribution in [0.25, 0.3) is 10.8 Å². The summed E-state index contributed by atoms with van der Waals surface area (Å²) in [4.78, 5) is 17.0. The number of aromatic nitrogens is 1. The smallest absolute Gasteiger partial charge is 0.168 e. The van der Waals surface area contributed by atoms with E-state index in [0.29, 0.717) is 5.92 Å². The summed E-state index contributed by atoms with van der Waals surface area (Å²) in [6, 6.07) is 7.97. The second-order valence-electron chi connectivity index (χ2n) is 5.73. The molecule has 1 aliphatic rings. The molecule has 0 saturated heterocycles. The van der Waals surface area contributed by atoms with Crippen LogP contribution in [-0.2, 0) is 0 Å². The lowest BCUT2D eigenvalue weighted by atomic mass is 9.78. The Hall–Kier alpha value is -1.74. The van der Waals surface area contributed by atoms with E-state index in [4.69, 9.17) is 5.73 Å². The highest BCUT2D eigenvalue weighted by Gasteiger charge is 2.27. The van der Waals surface area contributed by atoms with Crippen LogP contribution >= 0.6 is 0 Å². The first-order valence-electron chi connectivity index (χ1n) is 7.36. The normalized spacial score (nSPS) is 22.9. The van der Waals surface area contributed by atoms with Crippen LogP contribution in [-0.4, -0.2) is 17.3 Å². The maximum atomic E-state index is 12.7.